The van der Waals surface area contributed by atoms with Crippen LogP contribution < -0.4 is 11.0 Å². The van der Waals surface area contributed by atoms with Crippen LogP contribution in [-0.4, -0.2) is 26.5 Å². The average Bonchev–Trinajstić information content (AvgIpc) is 3.06. The van der Waals surface area contributed by atoms with E-state index in [2.05, 4.69) is 26.5 Å². The summed E-state index contributed by atoms with van der Waals surface area (Å²) in [5, 5.41) is 5.04. The molecule has 0 spiro atoms. The molecule has 8 heteroatoms. The van der Waals surface area contributed by atoms with Crippen molar-refractivity contribution in [1.29, 1.82) is 0 Å². The number of hydrogen-bond acceptors (Lipinski definition) is 4. The molecule has 0 unspecified atom stereocenters. The molecule has 0 radical (unpaired) electrons. The first kappa shape index (κ1) is 23.6. The second-order valence-electron chi connectivity index (χ2n) is 9.18. The summed E-state index contributed by atoms with van der Waals surface area (Å²) in [5.41, 5.74) is 5.90. The Morgan fingerprint density at radius 3 is 2.47 bits per heavy atom. The fourth-order valence-corrected chi connectivity index (χ4v) is 4.07. The molecule has 34 heavy (non-hydrogen) atoms. The first-order valence-electron chi connectivity index (χ1n) is 10.9. The largest absolute Gasteiger partial charge is 0.282 e. The van der Waals surface area contributed by atoms with E-state index < -0.39 is 5.41 Å². The van der Waals surface area contributed by atoms with E-state index >= 15 is 0 Å². The Balaban J connectivity index is 1.75. The lowest BCUT2D eigenvalue weighted by Gasteiger charge is -2.20. The minimum absolute atomic E-state index is 0.207. The van der Waals surface area contributed by atoms with Crippen LogP contribution in [0.5, 0.6) is 0 Å². The van der Waals surface area contributed by atoms with E-state index in [1.807, 2.05) is 71.0 Å². The van der Waals surface area contributed by atoms with Gasteiger partial charge in [-0.05, 0) is 50.2 Å². The molecule has 4 rings (SSSR count). The maximum absolute atomic E-state index is 13.4. The highest BCUT2D eigenvalue weighted by atomic mass is 79.9. The van der Waals surface area contributed by atoms with Gasteiger partial charge in [-0.2, -0.15) is 9.78 Å². The molecular weight excluding hydrogens is 494 g/mol. The molecule has 0 aliphatic carbocycles. The van der Waals surface area contributed by atoms with Crippen molar-refractivity contribution < 1.29 is 4.79 Å². The molecule has 0 aliphatic rings. The molecule has 174 valence electrons. The van der Waals surface area contributed by atoms with Crippen LogP contribution in [0.1, 0.15) is 53.9 Å². The molecule has 2 aromatic carbocycles. The van der Waals surface area contributed by atoms with Gasteiger partial charge in [-0.1, -0.05) is 54.9 Å². The summed E-state index contributed by atoms with van der Waals surface area (Å²) in [6.07, 6.45) is 1.63. The predicted octanol–water partition coefficient (Wildman–Crippen LogP) is 5.14. The highest BCUT2D eigenvalue weighted by molar-refractivity contribution is 9.10. The van der Waals surface area contributed by atoms with Crippen molar-refractivity contribution in [1.82, 2.24) is 14.3 Å². The van der Waals surface area contributed by atoms with Gasteiger partial charge in [-0.25, -0.2) is 4.98 Å². The number of nitrogens with one attached hydrogen (secondary N) is 1. The zero-order valence-corrected chi connectivity index (χ0v) is 21.3. The van der Waals surface area contributed by atoms with Gasteiger partial charge < -0.3 is 0 Å². The third-order valence-corrected chi connectivity index (χ3v) is 6.00. The smallest absolute Gasteiger partial charge is 0.267 e. The van der Waals surface area contributed by atoms with Gasteiger partial charge in [0.1, 0.15) is 5.82 Å². The van der Waals surface area contributed by atoms with Crippen LogP contribution in [0.2, 0.25) is 0 Å². The zero-order chi connectivity index (χ0) is 24.6. The Kier molecular flexibility index (Phi) is 6.27. The molecule has 0 saturated carbocycles. The van der Waals surface area contributed by atoms with Crippen molar-refractivity contribution in [2.75, 3.05) is 5.43 Å². The third-order valence-electron chi connectivity index (χ3n) is 5.51. The van der Waals surface area contributed by atoms with E-state index in [-0.39, 0.29) is 11.5 Å². The number of hydrogen-bond donors (Lipinski definition) is 1. The SMILES string of the molecule is Cc1cc(C=Nn2c(C(C)(C)C)nc3ccc(Br)cc3c2=O)c(C)n1NC(=O)c1ccccc1. The monoisotopic (exact) mass is 519 g/mol. The maximum atomic E-state index is 13.4. The van der Waals surface area contributed by atoms with Gasteiger partial charge in [0.2, 0.25) is 0 Å². The highest BCUT2D eigenvalue weighted by Gasteiger charge is 2.23. The van der Waals surface area contributed by atoms with Crippen LogP contribution >= 0.6 is 15.9 Å². The van der Waals surface area contributed by atoms with Gasteiger partial charge in [0, 0.05) is 32.4 Å². The lowest BCUT2D eigenvalue weighted by atomic mass is 9.95. The fraction of sp³-hybridized carbons (Fsp3) is 0.231. The van der Waals surface area contributed by atoms with Crippen molar-refractivity contribution in [2.24, 2.45) is 5.10 Å². The normalized spacial score (nSPS) is 11.9. The Labute approximate surface area is 206 Å². The second-order valence-corrected chi connectivity index (χ2v) is 10.1. The van der Waals surface area contributed by atoms with E-state index in [0.717, 1.165) is 21.4 Å². The molecule has 1 amide bonds. The van der Waals surface area contributed by atoms with Crippen LogP contribution in [0.25, 0.3) is 10.9 Å². The third kappa shape index (κ3) is 4.59. The van der Waals surface area contributed by atoms with Crippen molar-refractivity contribution >= 4 is 39.0 Å². The van der Waals surface area contributed by atoms with Crippen LogP contribution in [0.15, 0.2) is 69.0 Å². The minimum atomic E-state index is -0.404. The highest BCUT2D eigenvalue weighted by Crippen LogP contribution is 2.23. The molecular formula is C26H26BrN5O2. The molecule has 0 bridgehead atoms. The van der Waals surface area contributed by atoms with E-state index in [1.54, 1.807) is 29.1 Å². The summed E-state index contributed by atoms with van der Waals surface area (Å²) >= 11 is 3.43. The van der Waals surface area contributed by atoms with Crippen molar-refractivity contribution in [3.63, 3.8) is 0 Å². The lowest BCUT2D eigenvalue weighted by molar-refractivity contribution is 0.101. The number of nitrogens with zero attached hydrogens (tertiary/aromatic N) is 4. The van der Waals surface area contributed by atoms with Gasteiger partial charge in [-0.15, -0.1) is 0 Å². The summed E-state index contributed by atoms with van der Waals surface area (Å²) in [7, 11) is 0. The lowest BCUT2D eigenvalue weighted by Crippen LogP contribution is -2.29. The predicted molar refractivity (Wildman–Crippen MR) is 139 cm³/mol. The average molecular weight is 520 g/mol. The molecule has 0 atom stereocenters. The topological polar surface area (TPSA) is 81.3 Å². The van der Waals surface area contributed by atoms with Crippen LogP contribution in [0.4, 0.5) is 0 Å². The number of amides is 1. The van der Waals surface area contributed by atoms with Crippen LogP contribution in [0, 0.1) is 13.8 Å². The van der Waals surface area contributed by atoms with E-state index in [4.69, 9.17) is 4.98 Å². The number of aromatic nitrogens is 3. The second kappa shape index (κ2) is 9.02. The van der Waals surface area contributed by atoms with Crippen LogP contribution in [-0.2, 0) is 5.41 Å². The van der Waals surface area contributed by atoms with E-state index in [1.165, 1.54) is 4.68 Å². The standard InChI is InChI=1S/C26H26BrN5O2/c1-16-13-19(17(2)31(16)30-23(33)18-9-7-6-8-10-18)15-28-32-24(34)21-14-20(27)11-12-22(21)29-25(32)26(3,4)5/h6-15H,1-5H3,(H,30,33). The number of fused-ring (bicyclic) bond motifs is 1. The van der Waals surface area contributed by atoms with Gasteiger partial charge >= 0.3 is 0 Å². The summed E-state index contributed by atoms with van der Waals surface area (Å²) in [4.78, 5) is 30.7. The van der Waals surface area contributed by atoms with E-state index in [0.29, 0.717) is 22.3 Å². The van der Waals surface area contributed by atoms with Crippen LogP contribution in [0.3, 0.4) is 0 Å². The minimum Gasteiger partial charge on any atom is -0.267 e. The molecule has 4 aromatic rings. The first-order chi connectivity index (χ1) is 16.1. The Bertz CT molecular complexity index is 1480. The van der Waals surface area contributed by atoms with Gasteiger partial charge in [0.15, 0.2) is 0 Å². The Hall–Kier alpha value is -3.52. The summed E-state index contributed by atoms with van der Waals surface area (Å²) < 4.78 is 3.89. The molecule has 0 aliphatic heterocycles. The first-order valence-corrected chi connectivity index (χ1v) is 11.7. The maximum Gasteiger partial charge on any atom is 0.282 e. The Morgan fingerprint density at radius 2 is 1.79 bits per heavy atom. The van der Waals surface area contributed by atoms with Crippen molar-refractivity contribution in [2.45, 2.75) is 40.0 Å². The molecule has 0 fully saturated rings. The van der Waals surface area contributed by atoms with Crippen molar-refractivity contribution in [3.8, 4) is 0 Å². The zero-order valence-electron chi connectivity index (χ0n) is 19.8. The van der Waals surface area contributed by atoms with E-state index in [9.17, 15) is 9.59 Å². The number of rotatable bonds is 4. The number of halogens is 1. The number of benzene rings is 2. The molecule has 2 heterocycles. The quantitative estimate of drug-likeness (QED) is 0.379. The van der Waals surface area contributed by atoms with Crippen molar-refractivity contribution in [3.05, 3.63) is 97.8 Å². The molecule has 2 aromatic heterocycles. The number of carbonyl (C=O) groups excluding carboxylic acids is 1. The van der Waals surface area contributed by atoms with Gasteiger partial charge in [-0.3, -0.25) is 19.7 Å². The van der Waals surface area contributed by atoms with Gasteiger partial charge in [0.25, 0.3) is 11.5 Å². The summed E-state index contributed by atoms with van der Waals surface area (Å²) in [6.45, 7) is 9.78. The number of carbonyl (C=O) groups is 1. The number of aryl methyl sites for hydroxylation is 1. The molecule has 1 N–H and O–H groups in total. The van der Waals surface area contributed by atoms with Gasteiger partial charge in [0.05, 0.1) is 17.1 Å². The summed E-state index contributed by atoms with van der Waals surface area (Å²) in [5.74, 6) is 0.358. The molecule has 0 saturated heterocycles. The fourth-order valence-electron chi connectivity index (χ4n) is 3.71. The summed E-state index contributed by atoms with van der Waals surface area (Å²) in [6, 6.07) is 16.4. The molecule has 7 nitrogen and oxygen atoms in total. The Morgan fingerprint density at radius 1 is 1.09 bits per heavy atom.